The molecule has 0 radical (unpaired) electrons. The molecule has 0 amide bonds. The molecule has 1 aromatic heterocycles. The second-order valence-electron chi connectivity index (χ2n) is 4.00. The lowest BCUT2D eigenvalue weighted by Gasteiger charge is -2.13. The standard InChI is InChI=1S/C11H19NOS/c1-8(2)6-12-7-11(13)10-4-5-14-9(10)3/h4-5,8,11-13H,6-7H2,1-3H3. The van der Waals surface area contributed by atoms with Crippen molar-refractivity contribution in [3.8, 4) is 0 Å². The van der Waals surface area contributed by atoms with E-state index in [2.05, 4.69) is 19.2 Å². The monoisotopic (exact) mass is 213 g/mol. The van der Waals surface area contributed by atoms with Crippen LogP contribution in [0.5, 0.6) is 0 Å². The van der Waals surface area contributed by atoms with Crippen LogP contribution in [0.3, 0.4) is 0 Å². The van der Waals surface area contributed by atoms with Gasteiger partial charge in [0.1, 0.15) is 0 Å². The summed E-state index contributed by atoms with van der Waals surface area (Å²) in [6.45, 7) is 7.98. The van der Waals surface area contributed by atoms with Gasteiger partial charge >= 0.3 is 0 Å². The van der Waals surface area contributed by atoms with Gasteiger partial charge < -0.3 is 10.4 Å². The zero-order valence-electron chi connectivity index (χ0n) is 9.08. The van der Waals surface area contributed by atoms with Gasteiger partial charge in [0.25, 0.3) is 0 Å². The second kappa shape index (κ2) is 5.49. The highest BCUT2D eigenvalue weighted by Gasteiger charge is 2.10. The summed E-state index contributed by atoms with van der Waals surface area (Å²) in [5.41, 5.74) is 1.06. The number of hydrogen-bond donors (Lipinski definition) is 2. The molecule has 2 N–H and O–H groups in total. The van der Waals surface area contributed by atoms with Crippen molar-refractivity contribution in [2.75, 3.05) is 13.1 Å². The fourth-order valence-corrected chi connectivity index (χ4v) is 2.12. The molecule has 1 unspecified atom stereocenters. The molecule has 2 nitrogen and oxygen atoms in total. The quantitative estimate of drug-likeness (QED) is 0.787. The average molecular weight is 213 g/mol. The molecule has 0 aliphatic rings. The van der Waals surface area contributed by atoms with Crippen LogP contribution in [0.25, 0.3) is 0 Å². The van der Waals surface area contributed by atoms with Gasteiger partial charge in [0.2, 0.25) is 0 Å². The van der Waals surface area contributed by atoms with Crippen molar-refractivity contribution in [2.45, 2.75) is 26.9 Å². The molecule has 0 saturated carbocycles. The predicted molar refractivity (Wildman–Crippen MR) is 61.7 cm³/mol. The summed E-state index contributed by atoms with van der Waals surface area (Å²) < 4.78 is 0. The molecule has 0 spiro atoms. The molecule has 0 aliphatic carbocycles. The van der Waals surface area contributed by atoms with Crippen LogP contribution >= 0.6 is 11.3 Å². The van der Waals surface area contributed by atoms with Crippen molar-refractivity contribution in [3.63, 3.8) is 0 Å². The van der Waals surface area contributed by atoms with Gasteiger partial charge in [-0.1, -0.05) is 13.8 Å². The fourth-order valence-electron chi connectivity index (χ4n) is 1.36. The third kappa shape index (κ3) is 3.40. The Balaban J connectivity index is 2.36. The third-order valence-electron chi connectivity index (χ3n) is 2.15. The van der Waals surface area contributed by atoms with Gasteiger partial charge in [0, 0.05) is 11.4 Å². The van der Waals surface area contributed by atoms with E-state index in [1.54, 1.807) is 11.3 Å². The first-order valence-electron chi connectivity index (χ1n) is 5.04. The molecule has 80 valence electrons. The van der Waals surface area contributed by atoms with Gasteiger partial charge in [0.15, 0.2) is 0 Å². The first kappa shape index (κ1) is 11.7. The molecule has 3 heteroatoms. The van der Waals surface area contributed by atoms with Crippen molar-refractivity contribution < 1.29 is 5.11 Å². The highest BCUT2D eigenvalue weighted by Crippen LogP contribution is 2.21. The lowest BCUT2D eigenvalue weighted by atomic mass is 10.1. The van der Waals surface area contributed by atoms with E-state index >= 15 is 0 Å². The van der Waals surface area contributed by atoms with Crippen LogP contribution in [0.2, 0.25) is 0 Å². The number of aliphatic hydroxyl groups is 1. The molecular formula is C11H19NOS. The van der Waals surface area contributed by atoms with Crippen LogP contribution < -0.4 is 5.32 Å². The summed E-state index contributed by atoms with van der Waals surface area (Å²) in [5.74, 6) is 0.630. The maximum Gasteiger partial charge on any atom is 0.0924 e. The minimum Gasteiger partial charge on any atom is -0.387 e. The Kier molecular flexibility index (Phi) is 4.58. The van der Waals surface area contributed by atoms with E-state index in [4.69, 9.17) is 0 Å². The summed E-state index contributed by atoms with van der Waals surface area (Å²) in [6, 6.07) is 2.00. The maximum atomic E-state index is 9.85. The highest BCUT2D eigenvalue weighted by atomic mass is 32.1. The van der Waals surface area contributed by atoms with Crippen LogP contribution in [0.4, 0.5) is 0 Å². The van der Waals surface area contributed by atoms with Crippen molar-refractivity contribution in [1.29, 1.82) is 0 Å². The van der Waals surface area contributed by atoms with Crippen molar-refractivity contribution in [1.82, 2.24) is 5.32 Å². The van der Waals surface area contributed by atoms with E-state index in [9.17, 15) is 5.11 Å². The van der Waals surface area contributed by atoms with Crippen LogP contribution in [-0.4, -0.2) is 18.2 Å². The van der Waals surface area contributed by atoms with Gasteiger partial charge in [-0.25, -0.2) is 0 Å². The SMILES string of the molecule is Cc1sccc1C(O)CNCC(C)C. The minimum absolute atomic E-state index is 0.361. The van der Waals surface area contributed by atoms with Gasteiger partial charge in [-0.05, 0) is 36.4 Å². The number of nitrogens with one attached hydrogen (secondary N) is 1. The molecular weight excluding hydrogens is 194 g/mol. The molecule has 0 fully saturated rings. The summed E-state index contributed by atoms with van der Waals surface area (Å²) in [5, 5.41) is 15.1. The van der Waals surface area contributed by atoms with E-state index in [1.165, 1.54) is 4.88 Å². The Morgan fingerprint density at radius 1 is 1.43 bits per heavy atom. The summed E-state index contributed by atoms with van der Waals surface area (Å²) in [7, 11) is 0. The topological polar surface area (TPSA) is 32.3 Å². The zero-order valence-corrected chi connectivity index (χ0v) is 9.90. The fraction of sp³-hybridized carbons (Fsp3) is 0.636. The van der Waals surface area contributed by atoms with Crippen molar-refractivity contribution >= 4 is 11.3 Å². The molecule has 1 aromatic rings. The Bertz CT molecular complexity index is 270. The molecule has 1 heterocycles. The van der Waals surface area contributed by atoms with E-state index in [0.717, 1.165) is 12.1 Å². The molecule has 0 saturated heterocycles. The second-order valence-corrected chi connectivity index (χ2v) is 5.12. The molecule has 14 heavy (non-hydrogen) atoms. The summed E-state index contributed by atoms with van der Waals surface area (Å²) in [4.78, 5) is 1.21. The Morgan fingerprint density at radius 2 is 2.14 bits per heavy atom. The smallest absolute Gasteiger partial charge is 0.0924 e. The first-order valence-corrected chi connectivity index (χ1v) is 5.92. The highest BCUT2D eigenvalue weighted by molar-refractivity contribution is 7.10. The molecule has 0 aliphatic heterocycles. The molecule has 0 aromatic carbocycles. The van der Waals surface area contributed by atoms with E-state index in [-0.39, 0.29) is 6.10 Å². The minimum atomic E-state index is -0.361. The number of rotatable bonds is 5. The normalized spacial score (nSPS) is 13.5. The number of aryl methyl sites for hydroxylation is 1. The molecule has 0 bridgehead atoms. The zero-order chi connectivity index (χ0) is 10.6. The molecule has 1 rings (SSSR count). The van der Waals surface area contributed by atoms with Crippen LogP contribution in [-0.2, 0) is 0 Å². The lowest BCUT2D eigenvalue weighted by molar-refractivity contribution is 0.173. The first-order chi connectivity index (χ1) is 6.61. The number of aliphatic hydroxyl groups excluding tert-OH is 1. The van der Waals surface area contributed by atoms with Crippen molar-refractivity contribution in [3.05, 3.63) is 21.9 Å². The van der Waals surface area contributed by atoms with E-state index in [0.29, 0.717) is 12.5 Å². The van der Waals surface area contributed by atoms with Crippen LogP contribution in [0.15, 0.2) is 11.4 Å². The van der Waals surface area contributed by atoms with Gasteiger partial charge in [-0.15, -0.1) is 11.3 Å². The summed E-state index contributed by atoms with van der Waals surface area (Å²) >= 11 is 1.68. The Labute approximate surface area is 90.0 Å². The van der Waals surface area contributed by atoms with Gasteiger partial charge in [-0.3, -0.25) is 0 Å². The van der Waals surface area contributed by atoms with E-state index < -0.39 is 0 Å². The van der Waals surface area contributed by atoms with Gasteiger partial charge in [0.05, 0.1) is 6.10 Å². The summed E-state index contributed by atoms with van der Waals surface area (Å²) in [6.07, 6.45) is -0.361. The van der Waals surface area contributed by atoms with Gasteiger partial charge in [-0.2, -0.15) is 0 Å². The Morgan fingerprint density at radius 3 is 2.64 bits per heavy atom. The van der Waals surface area contributed by atoms with Crippen molar-refractivity contribution in [2.24, 2.45) is 5.92 Å². The van der Waals surface area contributed by atoms with Crippen LogP contribution in [0, 0.1) is 12.8 Å². The molecule has 1 atom stereocenters. The number of thiophene rings is 1. The number of hydrogen-bond acceptors (Lipinski definition) is 3. The maximum absolute atomic E-state index is 9.85. The third-order valence-corrected chi connectivity index (χ3v) is 3.01. The van der Waals surface area contributed by atoms with E-state index in [1.807, 2.05) is 18.4 Å². The predicted octanol–water partition coefficient (Wildman–Crippen LogP) is 2.34. The lowest BCUT2D eigenvalue weighted by Crippen LogP contribution is -2.25. The average Bonchev–Trinajstić information content (AvgIpc) is 2.50. The van der Waals surface area contributed by atoms with Crippen LogP contribution in [0.1, 0.15) is 30.4 Å². The Hall–Kier alpha value is -0.380. The largest absolute Gasteiger partial charge is 0.387 e.